The van der Waals surface area contributed by atoms with Crippen molar-refractivity contribution >= 4 is 27.4 Å². The molecule has 0 N–H and O–H groups in total. The molecular weight excluding hydrogens is 411 g/mol. The molecule has 0 saturated carbocycles. The molecule has 3 rings (SSSR count). The van der Waals surface area contributed by atoms with Gasteiger partial charge in [-0.1, -0.05) is 31.2 Å². The van der Waals surface area contributed by atoms with Gasteiger partial charge in [0, 0.05) is 26.2 Å². The number of hydrogen-bond acceptors (Lipinski definition) is 6. The van der Waals surface area contributed by atoms with Gasteiger partial charge in [0.05, 0.1) is 21.9 Å². The van der Waals surface area contributed by atoms with E-state index in [0.717, 1.165) is 0 Å². The molecule has 2 aromatic rings. The van der Waals surface area contributed by atoms with Crippen LogP contribution >= 0.6 is 0 Å². The molecule has 0 spiro atoms. The summed E-state index contributed by atoms with van der Waals surface area (Å²) in [5.74, 6) is -1.71. The van der Waals surface area contributed by atoms with E-state index in [4.69, 9.17) is 4.74 Å². The third-order valence-corrected chi connectivity index (χ3v) is 6.76. The highest BCUT2D eigenvalue weighted by atomic mass is 32.2. The van der Waals surface area contributed by atoms with E-state index in [1.807, 2.05) is 4.90 Å². The van der Waals surface area contributed by atoms with Crippen molar-refractivity contribution in [2.75, 3.05) is 43.4 Å². The van der Waals surface area contributed by atoms with Crippen molar-refractivity contribution in [2.24, 2.45) is 0 Å². The van der Waals surface area contributed by atoms with Crippen molar-refractivity contribution < 1.29 is 27.1 Å². The van der Waals surface area contributed by atoms with E-state index in [0.29, 0.717) is 31.9 Å². The molecule has 0 unspecified atom stereocenters. The Kier molecular flexibility index (Phi) is 6.71. The van der Waals surface area contributed by atoms with Crippen molar-refractivity contribution in [1.29, 1.82) is 0 Å². The maximum Gasteiger partial charge on any atom is 0.339 e. The number of sulfone groups is 1. The predicted octanol–water partition coefficient (Wildman–Crippen LogP) is 2.12. The minimum absolute atomic E-state index is 0.0866. The highest BCUT2D eigenvalue weighted by molar-refractivity contribution is 7.91. The average molecular weight is 434 g/mol. The molecular formula is C21H23FN2O5S. The largest absolute Gasteiger partial charge is 0.452 e. The lowest BCUT2D eigenvalue weighted by molar-refractivity contribution is -0.134. The molecule has 1 fully saturated rings. The maximum atomic E-state index is 13.9. The molecule has 0 aliphatic carbocycles. The number of nitrogens with zero attached hydrogens (tertiary/aromatic N) is 2. The number of halogens is 1. The monoisotopic (exact) mass is 434 g/mol. The predicted molar refractivity (Wildman–Crippen MR) is 110 cm³/mol. The SMILES string of the molecule is CCS(=O)(=O)c1ccccc1C(=O)OCC(=O)N1CCN(c2ccccc2F)CC1. The van der Waals surface area contributed by atoms with Gasteiger partial charge in [-0.25, -0.2) is 17.6 Å². The van der Waals surface area contributed by atoms with E-state index in [2.05, 4.69) is 0 Å². The minimum Gasteiger partial charge on any atom is -0.452 e. The number of anilines is 1. The Morgan fingerprint density at radius 1 is 1.00 bits per heavy atom. The summed E-state index contributed by atoms with van der Waals surface area (Å²) < 4.78 is 43.3. The number of para-hydroxylation sites is 1. The molecule has 0 atom stereocenters. The van der Waals surface area contributed by atoms with E-state index < -0.39 is 22.4 Å². The molecule has 0 aromatic heterocycles. The zero-order valence-electron chi connectivity index (χ0n) is 16.6. The number of benzene rings is 2. The van der Waals surface area contributed by atoms with Gasteiger partial charge in [-0.05, 0) is 24.3 Å². The van der Waals surface area contributed by atoms with Gasteiger partial charge in [0.25, 0.3) is 5.91 Å². The first-order valence-corrected chi connectivity index (χ1v) is 11.2. The number of ether oxygens (including phenoxy) is 1. The molecule has 9 heteroatoms. The molecule has 0 radical (unpaired) electrons. The van der Waals surface area contributed by atoms with Crippen molar-refractivity contribution in [3.63, 3.8) is 0 Å². The van der Waals surface area contributed by atoms with E-state index in [9.17, 15) is 22.4 Å². The number of esters is 1. The number of carbonyl (C=O) groups excluding carboxylic acids is 2. The fourth-order valence-electron chi connectivity index (χ4n) is 3.26. The first kappa shape index (κ1) is 21.8. The topological polar surface area (TPSA) is 84.0 Å². The van der Waals surface area contributed by atoms with Crippen molar-refractivity contribution in [2.45, 2.75) is 11.8 Å². The van der Waals surface area contributed by atoms with E-state index in [1.165, 1.54) is 37.3 Å². The molecule has 1 amide bonds. The van der Waals surface area contributed by atoms with Crippen LogP contribution in [0.25, 0.3) is 0 Å². The van der Waals surface area contributed by atoms with Crippen molar-refractivity contribution in [3.8, 4) is 0 Å². The maximum absolute atomic E-state index is 13.9. The third kappa shape index (κ3) is 4.79. The Balaban J connectivity index is 1.57. The molecule has 1 heterocycles. The Bertz CT molecular complexity index is 1030. The van der Waals surface area contributed by atoms with Crippen LogP contribution in [-0.2, 0) is 19.4 Å². The molecule has 1 saturated heterocycles. The smallest absolute Gasteiger partial charge is 0.339 e. The summed E-state index contributed by atoms with van der Waals surface area (Å²) in [5, 5.41) is 0. The third-order valence-electron chi connectivity index (χ3n) is 4.97. The number of hydrogen-bond donors (Lipinski definition) is 0. The lowest BCUT2D eigenvalue weighted by Gasteiger charge is -2.36. The van der Waals surface area contributed by atoms with Gasteiger partial charge in [0.15, 0.2) is 16.4 Å². The van der Waals surface area contributed by atoms with Gasteiger partial charge in [-0.15, -0.1) is 0 Å². The average Bonchev–Trinajstić information content (AvgIpc) is 2.77. The first-order chi connectivity index (χ1) is 14.3. The van der Waals surface area contributed by atoms with E-state index in [-0.39, 0.29) is 27.9 Å². The van der Waals surface area contributed by atoms with Gasteiger partial charge in [0.1, 0.15) is 5.82 Å². The summed E-state index contributed by atoms with van der Waals surface area (Å²) in [5.41, 5.74) is 0.404. The zero-order chi connectivity index (χ0) is 21.7. The summed E-state index contributed by atoms with van der Waals surface area (Å²) in [4.78, 5) is 28.1. The fourth-order valence-corrected chi connectivity index (χ4v) is 4.35. The Morgan fingerprint density at radius 2 is 1.63 bits per heavy atom. The molecule has 1 aliphatic rings. The molecule has 2 aromatic carbocycles. The summed E-state index contributed by atoms with van der Waals surface area (Å²) in [6, 6.07) is 12.2. The van der Waals surface area contributed by atoms with Crippen LogP contribution in [0.3, 0.4) is 0 Å². The molecule has 160 valence electrons. The zero-order valence-corrected chi connectivity index (χ0v) is 17.4. The van der Waals surface area contributed by atoms with Gasteiger partial charge in [-0.2, -0.15) is 0 Å². The van der Waals surface area contributed by atoms with Gasteiger partial charge in [-0.3, -0.25) is 4.79 Å². The highest BCUT2D eigenvalue weighted by Gasteiger charge is 2.25. The second kappa shape index (κ2) is 9.25. The highest BCUT2D eigenvalue weighted by Crippen LogP contribution is 2.21. The van der Waals surface area contributed by atoms with Gasteiger partial charge < -0.3 is 14.5 Å². The number of carbonyl (C=O) groups is 2. The van der Waals surface area contributed by atoms with E-state index >= 15 is 0 Å². The van der Waals surface area contributed by atoms with Crippen molar-refractivity contribution in [3.05, 3.63) is 59.9 Å². The van der Waals surface area contributed by atoms with Crippen LogP contribution in [0, 0.1) is 5.82 Å². The van der Waals surface area contributed by atoms with Crippen LogP contribution in [-0.4, -0.2) is 63.7 Å². The van der Waals surface area contributed by atoms with Crippen LogP contribution in [0.2, 0.25) is 0 Å². The summed E-state index contributed by atoms with van der Waals surface area (Å²) in [6.45, 7) is 2.65. The van der Waals surface area contributed by atoms with Crippen LogP contribution in [0.4, 0.5) is 10.1 Å². The minimum atomic E-state index is -3.60. The number of amides is 1. The van der Waals surface area contributed by atoms with E-state index in [1.54, 1.807) is 23.1 Å². The Morgan fingerprint density at radius 3 is 2.30 bits per heavy atom. The Hall–Kier alpha value is -2.94. The molecule has 7 nitrogen and oxygen atoms in total. The second-order valence-corrected chi connectivity index (χ2v) is 9.04. The van der Waals surface area contributed by atoms with Crippen LogP contribution in [0.15, 0.2) is 53.4 Å². The van der Waals surface area contributed by atoms with Crippen molar-refractivity contribution in [1.82, 2.24) is 4.90 Å². The number of piperazine rings is 1. The quantitative estimate of drug-likeness (QED) is 0.648. The lowest BCUT2D eigenvalue weighted by Crippen LogP contribution is -2.50. The summed E-state index contributed by atoms with van der Waals surface area (Å²) in [6.07, 6.45) is 0. The fraction of sp³-hybridized carbons (Fsp3) is 0.333. The Labute approximate surface area is 175 Å². The summed E-state index contributed by atoms with van der Waals surface area (Å²) >= 11 is 0. The first-order valence-electron chi connectivity index (χ1n) is 9.59. The standard InChI is InChI=1S/C21H23FN2O5S/c1-2-30(27,28)19-10-6-3-7-16(19)21(26)29-15-20(25)24-13-11-23(12-14-24)18-9-5-4-8-17(18)22/h3-10H,2,11-15H2,1H3. The van der Waals surface area contributed by atoms with Gasteiger partial charge in [0.2, 0.25) is 0 Å². The molecule has 1 aliphatic heterocycles. The molecule has 30 heavy (non-hydrogen) atoms. The second-order valence-electron chi connectivity index (χ2n) is 6.79. The summed E-state index contributed by atoms with van der Waals surface area (Å²) in [7, 11) is -3.60. The number of rotatable bonds is 6. The van der Waals surface area contributed by atoms with Crippen LogP contribution < -0.4 is 4.90 Å². The van der Waals surface area contributed by atoms with Crippen LogP contribution in [0.5, 0.6) is 0 Å². The lowest BCUT2D eigenvalue weighted by atomic mass is 10.2. The normalized spacial score (nSPS) is 14.5. The molecule has 0 bridgehead atoms. The van der Waals surface area contributed by atoms with Crippen LogP contribution in [0.1, 0.15) is 17.3 Å². The van der Waals surface area contributed by atoms with Gasteiger partial charge >= 0.3 is 5.97 Å².